The molecule has 2 rings (SSSR count). The van der Waals surface area contributed by atoms with Gasteiger partial charge in [0.2, 0.25) is 0 Å². The Balaban J connectivity index is 1.72. The summed E-state index contributed by atoms with van der Waals surface area (Å²) in [6, 6.07) is 10.6. The summed E-state index contributed by atoms with van der Waals surface area (Å²) in [5, 5.41) is 12.4. The summed E-state index contributed by atoms with van der Waals surface area (Å²) in [7, 11) is 0. The SMILES string of the molecule is Cc1ccc(OCCNC(=O)COC(=O)c2cccc(C)c2O)c(C)c1. The first-order valence-corrected chi connectivity index (χ1v) is 8.31. The molecule has 0 atom stereocenters. The van der Waals surface area contributed by atoms with Crippen LogP contribution in [0.4, 0.5) is 0 Å². The molecule has 0 radical (unpaired) electrons. The number of para-hydroxylation sites is 1. The van der Waals surface area contributed by atoms with E-state index in [1.54, 1.807) is 19.1 Å². The van der Waals surface area contributed by atoms with Gasteiger partial charge >= 0.3 is 5.97 Å². The van der Waals surface area contributed by atoms with Crippen LogP contribution in [-0.4, -0.2) is 36.7 Å². The van der Waals surface area contributed by atoms with Gasteiger partial charge in [-0.2, -0.15) is 0 Å². The summed E-state index contributed by atoms with van der Waals surface area (Å²) in [4.78, 5) is 23.7. The second-order valence-electron chi connectivity index (χ2n) is 6.01. The van der Waals surface area contributed by atoms with Crippen molar-refractivity contribution in [2.75, 3.05) is 19.8 Å². The van der Waals surface area contributed by atoms with Crippen molar-refractivity contribution < 1.29 is 24.2 Å². The van der Waals surface area contributed by atoms with E-state index >= 15 is 0 Å². The maximum absolute atomic E-state index is 11.9. The van der Waals surface area contributed by atoms with Gasteiger partial charge in [0.25, 0.3) is 5.91 Å². The number of phenols is 1. The second-order valence-corrected chi connectivity index (χ2v) is 6.01. The molecule has 1 amide bonds. The number of aryl methyl sites for hydroxylation is 3. The van der Waals surface area contributed by atoms with Gasteiger partial charge < -0.3 is 19.9 Å². The van der Waals surface area contributed by atoms with Crippen LogP contribution in [0.2, 0.25) is 0 Å². The van der Waals surface area contributed by atoms with E-state index in [2.05, 4.69) is 5.32 Å². The molecule has 6 heteroatoms. The molecule has 2 N–H and O–H groups in total. The highest BCUT2D eigenvalue weighted by Gasteiger charge is 2.15. The van der Waals surface area contributed by atoms with Gasteiger partial charge in [-0.3, -0.25) is 4.79 Å². The molecule has 0 aliphatic carbocycles. The van der Waals surface area contributed by atoms with E-state index in [0.717, 1.165) is 16.9 Å². The van der Waals surface area contributed by atoms with Gasteiger partial charge in [-0.25, -0.2) is 4.79 Å². The van der Waals surface area contributed by atoms with Gasteiger partial charge in [0.05, 0.1) is 6.54 Å². The lowest BCUT2D eigenvalue weighted by Crippen LogP contribution is -2.32. The predicted octanol–water partition coefficient (Wildman–Crippen LogP) is 2.67. The highest BCUT2D eigenvalue weighted by Crippen LogP contribution is 2.22. The summed E-state index contributed by atoms with van der Waals surface area (Å²) in [6.45, 7) is 5.82. The number of aromatic hydroxyl groups is 1. The van der Waals surface area contributed by atoms with Gasteiger partial charge in [0, 0.05) is 0 Å². The third-order valence-electron chi connectivity index (χ3n) is 3.80. The van der Waals surface area contributed by atoms with Crippen molar-refractivity contribution in [1.29, 1.82) is 0 Å². The molecular formula is C20H23NO5. The average molecular weight is 357 g/mol. The van der Waals surface area contributed by atoms with Crippen molar-refractivity contribution in [3.05, 3.63) is 58.7 Å². The molecular weight excluding hydrogens is 334 g/mol. The van der Waals surface area contributed by atoms with Crippen molar-refractivity contribution in [3.8, 4) is 11.5 Å². The summed E-state index contributed by atoms with van der Waals surface area (Å²) < 4.78 is 10.5. The quantitative estimate of drug-likeness (QED) is 0.588. The molecule has 0 aliphatic heterocycles. The standard InChI is InChI=1S/C20H23NO5/c1-13-7-8-17(15(3)11-13)25-10-9-21-18(22)12-26-20(24)16-6-4-5-14(2)19(16)23/h4-8,11,23H,9-10,12H2,1-3H3,(H,21,22). The molecule has 0 unspecified atom stereocenters. The van der Waals surface area contributed by atoms with Crippen LogP contribution < -0.4 is 10.1 Å². The van der Waals surface area contributed by atoms with Crippen LogP contribution >= 0.6 is 0 Å². The van der Waals surface area contributed by atoms with Gasteiger partial charge in [0.1, 0.15) is 23.7 Å². The molecule has 138 valence electrons. The van der Waals surface area contributed by atoms with Crippen molar-refractivity contribution in [1.82, 2.24) is 5.32 Å². The van der Waals surface area contributed by atoms with E-state index in [0.29, 0.717) is 18.7 Å². The lowest BCUT2D eigenvalue weighted by molar-refractivity contribution is -0.124. The summed E-state index contributed by atoms with van der Waals surface area (Å²) in [5.74, 6) is -0.548. The Labute approximate surface area is 152 Å². The minimum Gasteiger partial charge on any atom is -0.507 e. The fourth-order valence-electron chi connectivity index (χ4n) is 2.40. The number of phenolic OH excluding ortho intramolecular Hbond substituents is 1. The van der Waals surface area contributed by atoms with Crippen LogP contribution in [0.25, 0.3) is 0 Å². The lowest BCUT2D eigenvalue weighted by Gasteiger charge is -2.11. The summed E-state index contributed by atoms with van der Waals surface area (Å²) >= 11 is 0. The Hall–Kier alpha value is -3.02. The molecule has 2 aromatic carbocycles. The number of rotatable bonds is 7. The van der Waals surface area contributed by atoms with Crippen LogP contribution in [-0.2, 0) is 9.53 Å². The molecule has 0 saturated carbocycles. The van der Waals surface area contributed by atoms with Crippen molar-refractivity contribution in [2.45, 2.75) is 20.8 Å². The number of nitrogens with one attached hydrogen (secondary N) is 1. The number of hydrogen-bond acceptors (Lipinski definition) is 5. The van der Waals surface area contributed by atoms with E-state index in [4.69, 9.17) is 9.47 Å². The number of esters is 1. The maximum Gasteiger partial charge on any atom is 0.342 e. The fraction of sp³-hybridized carbons (Fsp3) is 0.300. The van der Waals surface area contributed by atoms with E-state index in [1.165, 1.54) is 6.07 Å². The first-order valence-electron chi connectivity index (χ1n) is 8.31. The van der Waals surface area contributed by atoms with Gasteiger partial charge in [-0.15, -0.1) is 0 Å². The summed E-state index contributed by atoms with van der Waals surface area (Å²) in [6.07, 6.45) is 0. The van der Waals surface area contributed by atoms with E-state index in [9.17, 15) is 14.7 Å². The van der Waals surface area contributed by atoms with Crippen LogP contribution in [0.3, 0.4) is 0 Å². The monoisotopic (exact) mass is 357 g/mol. The fourth-order valence-corrected chi connectivity index (χ4v) is 2.40. The minimum absolute atomic E-state index is 0.0379. The Bertz CT molecular complexity index is 801. The molecule has 26 heavy (non-hydrogen) atoms. The molecule has 0 fully saturated rings. The minimum atomic E-state index is -0.743. The van der Waals surface area contributed by atoms with Gasteiger partial charge in [-0.1, -0.05) is 29.8 Å². The Morgan fingerprint density at radius 3 is 2.58 bits per heavy atom. The molecule has 0 aliphatic rings. The number of carbonyl (C=O) groups is 2. The van der Waals surface area contributed by atoms with Crippen molar-refractivity contribution in [2.24, 2.45) is 0 Å². The van der Waals surface area contributed by atoms with Gasteiger partial charge in [-0.05, 0) is 44.0 Å². The number of hydrogen-bond donors (Lipinski definition) is 2. The molecule has 2 aromatic rings. The smallest absolute Gasteiger partial charge is 0.342 e. The number of carbonyl (C=O) groups excluding carboxylic acids is 2. The molecule has 0 saturated heterocycles. The highest BCUT2D eigenvalue weighted by molar-refractivity contribution is 5.94. The predicted molar refractivity (Wildman–Crippen MR) is 97.5 cm³/mol. The zero-order chi connectivity index (χ0) is 19.1. The lowest BCUT2D eigenvalue weighted by atomic mass is 10.1. The van der Waals surface area contributed by atoms with E-state index in [-0.39, 0.29) is 11.3 Å². The van der Waals surface area contributed by atoms with Crippen LogP contribution in [0.1, 0.15) is 27.0 Å². The first-order chi connectivity index (χ1) is 12.4. The highest BCUT2D eigenvalue weighted by atomic mass is 16.5. The first kappa shape index (κ1) is 19.3. The third kappa shape index (κ3) is 5.24. The van der Waals surface area contributed by atoms with E-state index in [1.807, 2.05) is 32.0 Å². The zero-order valence-corrected chi connectivity index (χ0v) is 15.2. The van der Waals surface area contributed by atoms with Crippen LogP contribution in [0.15, 0.2) is 36.4 Å². The number of ether oxygens (including phenoxy) is 2. The van der Waals surface area contributed by atoms with Gasteiger partial charge in [0.15, 0.2) is 6.61 Å². The zero-order valence-electron chi connectivity index (χ0n) is 15.2. The number of benzene rings is 2. The Kier molecular flexibility index (Phi) is 6.60. The normalized spacial score (nSPS) is 10.3. The molecule has 0 spiro atoms. The van der Waals surface area contributed by atoms with Crippen molar-refractivity contribution >= 4 is 11.9 Å². The third-order valence-corrected chi connectivity index (χ3v) is 3.80. The number of amides is 1. The van der Waals surface area contributed by atoms with Crippen LogP contribution in [0, 0.1) is 20.8 Å². The summed E-state index contributed by atoms with van der Waals surface area (Å²) in [5.41, 5.74) is 2.79. The largest absolute Gasteiger partial charge is 0.507 e. The Morgan fingerprint density at radius 2 is 1.85 bits per heavy atom. The topological polar surface area (TPSA) is 84.9 Å². The molecule has 0 heterocycles. The Morgan fingerprint density at radius 1 is 1.08 bits per heavy atom. The van der Waals surface area contributed by atoms with Crippen molar-refractivity contribution in [3.63, 3.8) is 0 Å². The molecule has 0 aromatic heterocycles. The second kappa shape index (κ2) is 8.89. The van der Waals surface area contributed by atoms with E-state index < -0.39 is 18.5 Å². The molecule has 6 nitrogen and oxygen atoms in total. The van der Waals surface area contributed by atoms with Crippen LogP contribution in [0.5, 0.6) is 11.5 Å². The maximum atomic E-state index is 11.9. The molecule has 0 bridgehead atoms. The average Bonchev–Trinajstić information content (AvgIpc) is 2.60.